The molecule has 1 amide bonds. The van der Waals surface area contributed by atoms with Gasteiger partial charge in [0.15, 0.2) is 0 Å². The SMILES string of the molecule is COc1cccc(C(C)=NNC(=O)c2ccc(-c3ccccc3)cc2)c1. The number of nitrogens with one attached hydrogen (secondary N) is 1. The summed E-state index contributed by atoms with van der Waals surface area (Å²) in [5, 5.41) is 4.19. The highest BCUT2D eigenvalue weighted by molar-refractivity contribution is 6.01. The molecule has 0 fully saturated rings. The fraction of sp³-hybridized carbons (Fsp3) is 0.0909. The molecule has 26 heavy (non-hydrogen) atoms. The van der Waals surface area contributed by atoms with Crippen LogP contribution in [0.15, 0.2) is 84.0 Å². The third-order valence-electron chi connectivity index (χ3n) is 4.07. The number of methoxy groups -OCH3 is 1. The van der Waals surface area contributed by atoms with E-state index in [1.807, 2.05) is 73.7 Å². The van der Waals surface area contributed by atoms with Crippen LogP contribution in [0, 0.1) is 0 Å². The zero-order valence-electron chi connectivity index (χ0n) is 14.8. The van der Waals surface area contributed by atoms with Crippen molar-refractivity contribution in [1.29, 1.82) is 0 Å². The number of nitrogens with zero attached hydrogens (tertiary/aromatic N) is 1. The maximum absolute atomic E-state index is 12.3. The molecule has 0 atom stereocenters. The van der Waals surface area contributed by atoms with Gasteiger partial charge in [-0.3, -0.25) is 4.79 Å². The second kappa shape index (κ2) is 8.12. The van der Waals surface area contributed by atoms with Crippen molar-refractivity contribution in [2.24, 2.45) is 5.10 Å². The zero-order chi connectivity index (χ0) is 18.4. The molecule has 4 heteroatoms. The first-order valence-electron chi connectivity index (χ1n) is 8.32. The molecule has 0 aromatic heterocycles. The minimum absolute atomic E-state index is 0.244. The Hall–Kier alpha value is -3.40. The average molecular weight is 344 g/mol. The topological polar surface area (TPSA) is 50.7 Å². The van der Waals surface area contributed by atoms with Crippen LogP contribution in [0.2, 0.25) is 0 Å². The van der Waals surface area contributed by atoms with Gasteiger partial charge in [0, 0.05) is 11.1 Å². The van der Waals surface area contributed by atoms with E-state index in [0.717, 1.165) is 22.4 Å². The normalized spacial score (nSPS) is 11.1. The molecule has 130 valence electrons. The summed E-state index contributed by atoms with van der Waals surface area (Å²) in [6, 6.07) is 25.1. The van der Waals surface area contributed by atoms with Crippen molar-refractivity contribution in [1.82, 2.24) is 5.43 Å². The summed E-state index contributed by atoms with van der Waals surface area (Å²) >= 11 is 0. The Kier molecular flexibility index (Phi) is 5.44. The van der Waals surface area contributed by atoms with Gasteiger partial charge in [-0.25, -0.2) is 5.43 Å². The van der Waals surface area contributed by atoms with Gasteiger partial charge in [-0.05, 0) is 42.3 Å². The van der Waals surface area contributed by atoms with Crippen LogP contribution in [0.3, 0.4) is 0 Å². The fourth-order valence-corrected chi connectivity index (χ4v) is 2.56. The highest BCUT2D eigenvalue weighted by atomic mass is 16.5. The first kappa shape index (κ1) is 17.4. The molecule has 4 nitrogen and oxygen atoms in total. The van der Waals surface area contributed by atoms with Gasteiger partial charge < -0.3 is 4.74 Å². The summed E-state index contributed by atoms with van der Waals surface area (Å²) in [7, 11) is 1.62. The number of hydrazone groups is 1. The van der Waals surface area contributed by atoms with E-state index in [1.54, 1.807) is 19.2 Å². The summed E-state index contributed by atoms with van der Waals surface area (Å²) in [6.07, 6.45) is 0. The summed E-state index contributed by atoms with van der Waals surface area (Å²) in [5.41, 5.74) is 6.95. The van der Waals surface area contributed by atoms with Gasteiger partial charge in [0.2, 0.25) is 0 Å². The van der Waals surface area contributed by atoms with Crippen LogP contribution in [0.5, 0.6) is 5.75 Å². The molecule has 0 bridgehead atoms. The Morgan fingerprint density at radius 2 is 1.54 bits per heavy atom. The third-order valence-corrected chi connectivity index (χ3v) is 4.07. The number of carbonyl (C=O) groups excluding carboxylic acids is 1. The average Bonchev–Trinajstić information content (AvgIpc) is 2.72. The van der Waals surface area contributed by atoms with Crippen LogP contribution >= 0.6 is 0 Å². The molecular formula is C22H20N2O2. The maximum Gasteiger partial charge on any atom is 0.271 e. The van der Waals surface area contributed by atoms with Crippen LogP contribution in [0.4, 0.5) is 0 Å². The Balaban J connectivity index is 1.69. The lowest BCUT2D eigenvalue weighted by Gasteiger charge is -2.06. The lowest BCUT2D eigenvalue weighted by molar-refractivity contribution is 0.0955. The van der Waals surface area contributed by atoms with Gasteiger partial charge in [0.1, 0.15) is 5.75 Å². The van der Waals surface area contributed by atoms with Crippen LogP contribution < -0.4 is 10.2 Å². The number of hydrogen-bond donors (Lipinski definition) is 1. The van der Waals surface area contributed by atoms with Gasteiger partial charge in [-0.2, -0.15) is 5.10 Å². The van der Waals surface area contributed by atoms with E-state index in [-0.39, 0.29) is 5.91 Å². The monoisotopic (exact) mass is 344 g/mol. The van der Waals surface area contributed by atoms with Gasteiger partial charge in [-0.15, -0.1) is 0 Å². The highest BCUT2D eigenvalue weighted by Gasteiger charge is 2.06. The summed E-state index contributed by atoms with van der Waals surface area (Å²) in [4.78, 5) is 12.3. The predicted molar refractivity (Wildman–Crippen MR) is 105 cm³/mol. The van der Waals surface area contributed by atoms with Gasteiger partial charge in [0.05, 0.1) is 12.8 Å². The minimum Gasteiger partial charge on any atom is -0.497 e. The predicted octanol–water partition coefficient (Wildman–Crippen LogP) is 4.52. The van der Waals surface area contributed by atoms with E-state index in [9.17, 15) is 4.79 Å². The molecule has 0 radical (unpaired) electrons. The second-order valence-electron chi connectivity index (χ2n) is 5.81. The Morgan fingerprint density at radius 1 is 0.846 bits per heavy atom. The van der Waals surface area contributed by atoms with Gasteiger partial charge >= 0.3 is 0 Å². The van der Waals surface area contributed by atoms with E-state index >= 15 is 0 Å². The molecule has 3 rings (SSSR count). The molecule has 1 N–H and O–H groups in total. The summed E-state index contributed by atoms with van der Waals surface area (Å²) in [6.45, 7) is 1.84. The number of amides is 1. The standard InChI is InChI=1S/C22H20N2O2/c1-16(20-9-6-10-21(15-20)26-2)23-24-22(25)19-13-11-18(12-14-19)17-7-4-3-5-8-17/h3-15H,1-2H3,(H,24,25). The van der Waals surface area contributed by atoms with Crippen molar-refractivity contribution in [3.63, 3.8) is 0 Å². The number of benzene rings is 3. The lowest BCUT2D eigenvalue weighted by atomic mass is 10.0. The lowest BCUT2D eigenvalue weighted by Crippen LogP contribution is -2.19. The smallest absolute Gasteiger partial charge is 0.271 e. The quantitative estimate of drug-likeness (QED) is 0.547. The number of carbonyl (C=O) groups is 1. The van der Waals surface area contributed by atoms with E-state index < -0.39 is 0 Å². The van der Waals surface area contributed by atoms with E-state index in [2.05, 4.69) is 10.5 Å². The summed E-state index contributed by atoms with van der Waals surface area (Å²) in [5.74, 6) is 0.506. The minimum atomic E-state index is -0.244. The van der Waals surface area contributed by atoms with Crippen LogP contribution in [-0.4, -0.2) is 18.7 Å². The number of hydrogen-bond acceptors (Lipinski definition) is 3. The molecule has 0 spiro atoms. The van der Waals surface area contributed by atoms with Gasteiger partial charge in [0.25, 0.3) is 5.91 Å². The fourth-order valence-electron chi connectivity index (χ4n) is 2.56. The summed E-state index contributed by atoms with van der Waals surface area (Å²) < 4.78 is 5.21. The molecule has 0 heterocycles. The number of ether oxygens (including phenoxy) is 1. The Morgan fingerprint density at radius 3 is 2.23 bits per heavy atom. The highest BCUT2D eigenvalue weighted by Crippen LogP contribution is 2.19. The third kappa shape index (κ3) is 4.16. The first-order valence-corrected chi connectivity index (χ1v) is 8.32. The van der Waals surface area contributed by atoms with Crippen molar-refractivity contribution in [2.45, 2.75) is 6.92 Å². The zero-order valence-corrected chi connectivity index (χ0v) is 14.8. The number of rotatable bonds is 5. The Bertz CT molecular complexity index is 916. The van der Waals surface area contributed by atoms with Crippen LogP contribution in [-0.2, 0) is 0 Å². The molecule has 0 saturated heterocycles. The van der Waals surface area contributed by atoms with Crippen molar-refractivity contribution >= 4 is 11.6 Å². The second-order valence-corrected chi connectivity index (χ2v) is 5.81. The van der Waals surface area contributed by atoms with Crippen LogP contribution in [0.25, 0.3) is 11.1 Å². The first-order chi connectivity index (χ1) is 12.7. The molecule has 0 aliphatic rings. The van der Waals surface area contributed by atoms with Crippen molar-refractivity contribution in [3.05, 3.63) is 90.0 Å². The van der Waals surface area contributed by atoms with Crippen molar-refractivity contribution < 1.29 is 9.53 Å². The molecule has 0 saturated carbocycles. The molecule has 0 aliphatic heterocycles. The van der Waals surface area contributed by atoms with E-state index in [0.29, 0.717) is 11.3 Å². The molecular weight excluding hydrogens is 324 g/mol. The van der Waals surface area contributed by atoms with Gasteiger partial charge in [-0.1, -0.05) is 54.6 Å². The maximum atomic E-state index is 12.3. The largest absolute Gasteiger partial charge is 0.497 e. The Labute approximate surface area is 153 Å². The molecule has 3 aromatic rings. The van der Waals surface area contributed by atoms with Crippen molar-refractivity contribution in [3.8, 4) is 16.9 Å². The van der Waals surface area contributed by atoms with E-state index in [4.69, 9.17) is 4.74 Å². The van der Waals surface area contributed by atoms with Crippen molar-refractivity contribution in [2.75, 3.05) is 7.11 Å². The molecule has 0 aliphatic carbocycles. The van der Waals surface area contributed by atoms with Crippen LogP contribution in [0.1, 0.15) is 22.8 Å². The molecule has 3 aromatic carbocycles. The van der Waals surface area contributed by atoms with E-state index in [1.165, 1.54) is 0 Å². The molecule has 0 unspecified atom stereocenters.